The van der Waals surface area contributed by atoms with Crippen LogP contribution in [-0.2, 0) is 9.59 Å². The van der Waals surface area contributed by atoms with E-state index in [-0.39, 0.29) is 29.6 Å². The summed E-state index contributed by atoms with van der Waals surface area (Å²) in [4.78, 5) is 26.1. The molecule has 1 atom stereocenters. The predicted octanol–water partition coefficient (Wildman–Crippen LogP) is 4.23. The molecule has 0 bridgehead atoms. The average molecular weight is 412 g/mol. The molecule has 0 aromatic heterocycles. The van der Waals surface area contributed by atoms with E-state index in [1.165, 1.54) is 12.1 Å². The van der Waals surface area contributed by atoms with Crippen molar-refractivity contribution in [2.75, 3.05) is 16.8 Å². The van der Waals surface area contributed by atoms with Crippen LogP contribution < -0.4 is 10.2 Å². The van der Waals surface area contributed by atoms with Gasteiger partial charge in [0, 0.05) is 23.1 Å². The number of benzene rings is 2. The SMILES string of the molecule is O=C(Nc1cccc(Cl)c1F)C1CC(=O)N(c2cccc(Br)c2)C1. The van der Waals surface area contributed by atoms with E-state index in [0.29, 0.717) is 0 Å². The molecule has 0 radical (unpaired) electrons. The lowest BCUT2D eigenvalue weighted by Crippen LogP contribution is -2.28. The van der Waals surface area contributed by atoms with Crippen molar-refractivity contribution in [3.05, 3.63) is 57.8 Å². The fourth-order valence-corrected chi connectivity index (χ4v) is 3.17. The summed E-state index contributed by atoms with van der Waals surface area (Å²) in [6.07, 6.45) is 0.0839. The van der Waals surface area contributed by atoms with E-state index in [1.807, 2.05) is 18.2 Å². The van der Waals surface area contributed by atoms with Crippen molar-refractivity contribution >= 4 is 50.7 Å². The monoisotopic (exact) mass is 410 g/mol. The zero-order chi connectivity index (χ0) is 17.3. The molecule has 1 aliphatic heterocycles. The molecule has 3 rings (SSSR count). The van der Waals surface area contributed by atoms with E-state index >= 15 is 0 Å². The lowest BCUT2D eigenvalue weighted by atomic mass is 10.1. The van der Waals surface area contributed by atoms with Crippen LogP contribution >= 0.6 is 27.5 Å². The van der Waals surface area contributed by atoms with Crippen molar-refractivity contribution < 1.29 is 14.0 Å². The zero-order valence-corrected chi connectivity index (χ0v) is 14.8. The summed E-state index contributed by atoms with van der Waals surface area (Å²) >= 11 is 9.07. The van der Waals surface area contributed by atoms with Gasteiger partial charge < -0.3 is 10.2 Å². The van der Waals surface area contributed by atoms with Crippen molar-refractivity contribution in [3.63, 3.8) is 0 Å². The zero-order valence-electron chi connectivity index (χ0n) is 12.4. The van der Waals surface area contributed by atoms with Gasteiger partial charge >= 0.3 is 0 Å². The first-order valence-corrected chi connectivity index (χ1v) is 8.43. The van der Waals surface area contributed by atoms with Crippen LogP contribution in [0.15, 0.2) is 46.9 Å². The maximum absolute atomic E-state index is 13.9. The maximum Gasteiger partial charge on any atom is 0.229 e. The first-order chi connectivity index (χ1) is 11.5. The third kappa shape index (κ3) is 3.44. The van der Waals surface area contributed by atoms with Gasteiger partial charge in [-0.3, -0.25) is 9.59 Å². The summed E-state index contributed by atoms with van der Waals surface area (Å²) in [6, 6.07) is 11.7. The van der Waals surface area contributed by atoms with Crippen molar-refractivity contribution in [2.45, 2.75) is 6.42 Å². The molecule has 124 valence electrons. The van der Waals surface area contributed by atoms with E-state index in [2.05, 4.69) is 21.2 Å². The molecular formula is C17H13BrClFN2O2. The van der Waals surface area contributed by atoms with Gasteiger partial charge in [-0.1, -0.05) is 39.7 Å². The number of carbonyl (C=O) groups excluding carboxylic acids is 2. The molecule has 2 aromatic carbocycles. The lowest BCUT2D eigenvalue weighted by molar-refractivity contribution is -0.122. The van der Waals surface area contributed by atoms with Crippen molar-refractivity contribution in [3.8, 4) is 0 Å². The van der Waals surface area contributed by atoms with Gasteiger partial charge in [0.05, 0.1) is 16.6 Å². The normalized spacial score (nSPS) is 17.2. The van der Waals surface area contributed by atoms with Crippen LogP contribution in [0, 0.1) is 11.7 Å². The molecular weight excluding hydrogens is 399 g/mol. The Kier molecular flexibility index (Phi) is 4.87. The Bertz CT molecular complexity index is 815. The molecule has 24 heavy (non-hydrogen) atoms. The molecule has 0 saturated carbocycles. The van der Waals surface area contributed by atoms with Gasteiger partial charge in [-0.25, -0.2) is 4.39 Å². The summed E-state index contributed by atoms with van der Waals surface area (Å²) in [5, 5.41) is 2.45. The van der Waals surface area contributed by atoms with Gasteiger partial charge in [0.25, 0.3) is 0 Å². The van der Waals surface area contributed by atoms with Crippen LogP contribution in [0.3, 0.4) is 0 Å². The number of hydrogen-bond acceptors (Lipinski definition) is 2. The number of nitrogens with one attached hydrogen (secondary N) is 1. The van der Waals surface area contributed by atoms with Gasteiger partial charge in [-0.15, -0.1) is 0 Å². The Balaban J connectivity index is 1.73. The number of carbonyl (C=O) groups is 2. The minimum absolute atomic E-state index is 0.0147. The summed E-state index contributed by atoms with van der Waals surface area (Å²) in [6.45, 7) is 0.253. The van der Waals surface area contributed by atoms with Crippen molar-refractivity contribution in [2.24, 2.45) is 5.92 Å². The number of rotatable bonds is 3. The lowest BCUT2D eigenvalue weighted by Gasteiger charge is -2.17. The fraction of sp³-hybridized carbons (Fsp3) is 0.176. The summed E-state index contributed by atoms with van der Waals surface area (Å²) < 4.78 is 14.7. The van der Waals surface area contributed by atoms with E-state index in [9.17, 15) is 14.0 Å². The first-order valence-electron chi connectivity index (χ1n) is 7.26. The molecule has 1 saturated heterocycles. The molecule has 2 aromatic rings. The first kappa shape index (κ1) is 16.9. The Hall–Kier alpha value is -1.92. The van der Waals surface area contributed by atoms with E-state index in [4.69, 9.17) is 11.6 Å². The smallest absolute Gasteiger partial charge is 0.229 e. The van der Waals surface area contributed by atoms with Crippen LogP contribution in [0.5, 0.6) is 0 Å². The van der Waals surface area contributed by atoms with Gasteiger partial charge in [0.2, 0.25) is 11.8 Å². The van der Waals surface area contributed by atoms with Crippen LogP contribution in [0.1, 0.15) is 6.42 Å². The highest BCUT2D eigenvalue weighted by atomic mass is 79.9. The summed E-state index contributed by atoms with van der Waals surface area (Å²) in [5.74, 6) is -1.77. The number of anilines is 2. The Morgan fingerprint density at radius 2 is 2.04 bits per heavy atom. The topological polar surface area (TPSA) is 49.4 Å². The van der Waals surface area contributed by atoms with Crippen LogP contribution in [0.4, 0.5) is 15.8 Å². The van der Waals surface area contributed by atoms with Crippen LogP contribution in [0.25, 0.3) is 0 Å². The number of amides is 2. The number of halogens is 3. The van der Waals surface area contributed by atoms with Crippen LogP contribution in [-0.4, -0.2) is 18.4 Å². The molecule has 2 amide bonds. The molecule has 4 nitrogen and oxygen atoms in total. The third-order valence-electron chi connectivity index (χ3n) is 3.83. The molecule has 0 spiro atoms. The largest absolute Gasteiger partial charge is 0.323 e. The highest BCUT2D eigenvalue weighted by Gasteiger charge is 2.35. The second-order valence-corrected chi connectivity index (χ2v) is 6.80. The molecule has 1 heterocycles. The van der Waals surface area contributed by atoms with Crippen molar-refractivity contribution in [1.82, 2.24) is 0 Å². The van der Waals surface area contributed by atoms with E-state index in [0.717, 1.165) is 10.2 Å². The molecule has 7 heteroatoms. The van der Waals surface area contributed by atoms with E-state index in [1.54, 1.807) is 17.0 Å². The Labute approximate surface area is 151 Å². The maximum atomic E-state index is 13.9. The minimum atomic E-state index is -0.680. The molecule has 1 unspecified atom stereocenters. The minimum Gasteiger partial charge on any atom is -0.323 e. The average Bonchev–Trinajstić information content (AvgIpc) is 2.94. The fourth-order valence-electron chi connectivity index (χ4n) is 2.61. The number of nitrogens with zero attached hydrogens (tertiary/aromatic N) is 1. The Morgan fingerprint density at radius 3 is 2.79 bits per heavy atom. The van der Waals surface area contributed by atoms with Gasteiger partial charge in [0.15, 0.2) is 5.82 Å². The van der Waals surface area contributed by atoms with Crippen LogP contribution in [0.2, 0.25) is 5.02 Å². The highest BCUT2D eigenvalue weighted by Crippen LogP contribution is 2.29. The van der Waals surface area contributed by atoms with Gasteiger partial charge in [-0.2, -0.15) is 0 Å². The van der Waals surface area contributed by atoms with Gasteiger partial charge in [0.1, 0.15) is 0 Å². The molecule has 1 fully saturated rings. The van der Waals surface area contributed by atoms with E-state index < -0.39 is 17.6 Å². The van der Waals surface area contributed by atoms with Gasteiger partial charge in [-0.05, 0) is 30.3 Å². The standard InChI is InChI=1S/C17H13BrClFN2O2/c18-11-3-1-4-12(8-11)22-9-10(7-15(22)23)17(24)21-14-6-2-5-13(19)16(14)20/h1-6,8,10H,7,9H2,(H,21,24). The second-order valence-electron chi connectivity index (χ2n) is 5.48. The third-order valence-corrected chi connectivity index (χ3v) is 4.61. The molecule has 1 aliphatic rings. The van der Waals surface area contributed by atoms with Crippen molar-refractivity contribution in [1.29, 1.82) is 0 Å². The summed E-state index contributed by atoms with van der Waals surface area (Å²) in [7, 11) is 0. The molecule has 1 N–H and O–H groups in total. The summed E-state index contributed by atoms with van der Waals surface area (Å²) in [5.41, 5.74) is 0.736. The quantitative estimate of drug-likeness (QED) is 0.821. The number of hydrogen-bond donors (Lipinski definition) is 1. The second kappa shape index (κ2) is 6.91. The highest BCUT2D eigenvalue weighted by molar-refractivity contribution is 9.10. The Morgan fingerprint density at radius 1 is 1.29 bits per heavy atom. The molecule has 0 aliphatic carbocycles. The predicted molar refractivity (Wildman–Crippen MR) is 94.6 cm³/mol.